The maximum Gasteiger partial charge on any atom is 0.260 e. The summed E-state index contributed by atoms with van der Waals surface area (Å²) in [6.07, 6.45) is 1.10. The Balaban J connectivity index is 1.42. The van der Waals surface area contributed by atoms with Crippen molar-refractivity contribution in [3.63, 3.8) is 0 Å². The summed E-state index contributed by atoms with van der Waals surface area (Å²) in [5.74, 6) is 0.466. The molecule has 2 saturated heterocycles. The number of hydrogen-bond donors (Lipinski definition) is 0. The van der Waals surface area contributed by atoms with E-state index in [1.165, 1.54) is 4.31 Å². The van der Waals surface area contributed by atoms with Crippen molar-refractivity contribution in [2.75, 3.05) is 51.6 Å². The number of ether oxygens (including phenoxy) is 1. The van der Waals surface area contributed by atoms with Crippen LogP contribution >= 0.6 is 11.6 Å². The predicted molar refractivity (Wildman–Crippen MR) is 114 cm³/mol. The molecule has 0 unspecified atom stereocenters. The topological polar surface area (TPSA) is 87.2 Å². The molecule has 0 aromatic heterocycles. The molecule has 2 aliphatic heterocycles. The first-order valence-electron chi connectivity index (χ1n) is 10.2. The van der Waals surface area contributed by atoms with Gasteiger partial charge in [-0.3, -0.25) is 9.59 Å². The SMILES string of the molecule is CCS(=O)(=O)N1CCC(C(=O)N2CCN(C(=O)COc3ccc(Cl)cc3)CC2)CC1. The molecule has 10 heteroatoms. The number of carbonyl (C=O) groups is 2. The zero-order chi connectivity index (χ0) is 21.7. The predicted octanol–water partition coefficient (Wildman–Crippen LogP) is 1.45. The minimum Gasteiger partial charge on any atom is -0.484 e. The summed E-state index contributed by atoms with van der Waals surface area (Å²) in [5.41, 5.74) is 0. The lowest BCUT2D eigenvalue weighted by Gasteiger charge is -2.38. The average Bonchev–Trinajstić information content (AvgIpc) is 2.78. The van der Waals surface area contributed by atoms with Crippen molar-refractivity contribution < 1.29 is 22.7 Å². The molecule has 0 atom stereocenters. The van der Waals surface area contributed by atoms with E-state index in [0.29, 0.717) is 62.9 Å². The van der Waals surface area contributed by atoms with Gasteiger partial charge >= 0.3 is 0 Å². The van der Waals surface area contributed by atoms with Gasteiger partial charge in [-0.15, -0.1) is 0 Å². The van der Waals surface area contributed by atoms with Gasteiger partial charge in [-0.1, -0.05) is 11.6 Å². The Morgan fingerprint density at radius 3 is 2.13 bits per heavy atom. The second kappa shape index (κ2) is 9.98. The van der Waals surface area contributed by atoms with Crippen molar-refractivity contribution in [3.8, 4) is 5.75 Å². The second-order valence-corrected chi connectivity index (χ2v) is 10.2. The Bertz CT molecular complexity index is 846. The molecule has 0 N–H and O–H groups in total. The number of sulfonamides is 1. The summed E-state index contributed by atoms with van der Waals surface area (Å²) in [7, 11) is -3.19. The molecule has 0 spiro atoms. The van der Waals surface area contributed by atoms with Crippen LogP contribution in [0.1, 0.15) is 19.8 Å². The van der Waals surface area contributed by atoms with Gasteiger partial charge in [0.25, 0.3) is 5.91 Å². The van der Waals surface area contributed by atoms with Crippen LogP contribution in [0, 0.1) is 5.92 Å². The molecule has 2 heterocycles. The van der Waals surface area contributed by atoms with Crippen molar-refractivity contribution in [1.82, 2.24) is 14.1 Å². The number of halogens is 1. The van der Waals surface area contributed by atoms with Crippen LogP contribution in [0.2, 0.25) is 5.02 Å². The highest BCUT2D eigenvalue weighted by atomic mass is 35.5. The molecule has 2 amide bonds. The molecule has 2 aliphatic rings. The molecule has 0 radical (unpaired) electrons. The van der Waals surface area contributed by atoms with Gasteiger partial charge in [-0.25, -0.2) is 12.7 Å². The number of rotatable bonds is 6. The minimum absolute atomic E-state index is 0.0556. The monoisotopic (exact) mass is 457 g/mol. The van der Waals surface area contributed by atoms with Crippen LogP contribution in [-0.4, -0.2) is 86.0 Å². The average molecular weight is 458 g/mol. The number of piperidine rings is 1. The lowest BCUT2D eigenvalue weighted by Crippen LogP contribution is -2.53. The lowest BCUT2D eigenvalue weighted by atomic mass is 9.96. The van der Waals surface area contributed by atoms with Gasteiger partial charge in [0.15, 0.2) is 6.61 Å². The van der Waals surface area contributed by atoms with Crippen LogP contribution in [0.15, 0.2) is 24.3 Å². The minimum atomic E-state index is -3.19. The van der Waals surface area contributed by atoms with Gasteiger partial charge in [0.2, 0.25) is 15.9 Å². The smallest absolute Gasteiger partial charge is 0.260 e. The Morgan fingerprint density at radius 1 is 1.00 bits per heavy atom. The number of hydrogen-bond acceptors (Lipinski definition) is 5. The number of amides is 2. The van der Waals surface area contributed by atoms with Crippen molar-refractivity contribution in [3.05, 3.63) is 29.3 Å². The van der Waals surface area contributed by atoms with Crippen molar-refractivity contribution in [2.24, 2.45) is 5.92 Å². The molecular formula is C20H28ClN3O5S. The maximum atomic E-state index is 12.8. The van der Waals surface area contributed by atoms with E-state index in [4.69, 9.17) is 16.3 Å². The number of carbonyl (C=O) groups excluding carboxylic acids is 2. The van der Waals surface area contributed by atoms with Crippen LogP contribution in [0.4, 0.5) is 0 Å². The summed E-state index contributed by atoms with van der Waals surface area (Å²) in [4.78, 5) is 28.7. The summed E-state index contributed by atoms with van der Waals surface area (Å²) in [6.45, 7) is 4.28. The zero-order valence-corrected chi connectivity index (χ0v) is 18.7. The van der Waals surface area contributed by atoms with Gasteiger partial charge in [-0.05, 0) is 44.0 Å². The van der Waals surface area contributed by atoms with Gasteiger partial charge in [0.1, 0.15) is 5.75 Å². The van der Waals surface area contributed by atoms with Gasteiger partial charge in [0, 0.05) is 50.2 Å². The van der Waals surface area contributed by atoms with E-state index in [1.54, 1.807) is 41.0 Å². The highest BCUT2D eigenvalue weighted by Crippen LogP contribution is 2.23. The summed E-state index contributed by atoms with van der Waals surface area (Å²) in [6, 6.07) is 6.83. The third-order valence-corrected chi connectivity index (χ3v) is 7.81. The van der Waals surface area contributed by atoms with Crippen LogP contribution in [0.3, 0.4) is 0 Å². The van der Waals surface area contributed by atoms with Gasteiger partial charge in [0.05, 0.1) is 5.75 Å². The Morgan fingerprint density at radius 2 is 1.57 bits per heavy atom. The normalized spacial score (nSPS) is 19.0. The molecule has 30 heavy (non-hydrogen) atoms. The molecule has 0 bridgehead atoms. The van der Waals surface area contributed by atoms with Crippen molar-refractivity contribution >= 4 is 33.4 Å². The largest absolute Gasteiger partial charge is 0.484 e. The molecule has 0 saturated carbocycles. The maximum absolute atomic E-state index is 12.8. The molecular weight excluding hydrogens is 430 g/mol. The van der Waals surface area contributed by atoms with Gasteiger partial charge < -0.3 is 14.5 Å². The lowest BCUT2D eigenvalue weighted by molar-refractivity contribution is -0.143. The van der Waals surface area contributed by atoms with E-state index in [2.05, 4.69) is 0 Å². The van der Waals surface area contributed by atoms with Crippen molar-refractivity contribution in [1.29, 1.82) is 0 Å². The molecule has 3 rings (SSSR count). The molecule has 1 aromatic rings. The van der Waals surface area contributed by atoms with Crippen LogP contribution < -0.4 is 4.74 Å². The van der Waals surface area contributed by atoms with E-state index in [1.807, 2.05) is 0 Å². The van der Waals surface area contributed by atoms with Crippen molar-refractivity contribution in [2.45, 2.75) is 19.8 Å². The first kappa shape index (κ1) is 22.8. The van der Waals surface area contributed by atoms with Crippen LogP contribution in [-0.2, 0) is 19.6 Å². The first-order valence-corrected chi connectivity index (χ1v) is 12.2. The highest BCUT2D eigenvalue weighted by Gasteiger charge is 2.33. The number of piperazine rings is 1. The van der Waals surface area contributed by atoms with E-state index < -0.39 is 10.0 Å². The molecule has 0 aliphatic carbocycles. The fourth-order valence-electron chi connectivity index (χ4n) is 3.77. The Kier molecular flexibility index (Phi) is 7.60. The van der Waals surface area contributed by atoms with Gasteiger partial charge in [-0.2, -0.15) is 0 Å². The third kappa shape index (κ3) is 5.65. The highest BCUT2D eigenvalue weighted by molar-refractivity contribution is 7.89. The molecule has 2 fully saturated rings. The number of nitrogens with zero attached hydrogens (tertiary/aromatic N) is 3. The zero-order valence-electron chi connectivity index (χ0n) is 17.1. The second-order valence-electron chi connectivity index (χ2n) is 7.52. The van der Waals surface area contributed by atoms with Crippen LogP contribution in [0.25, 0.3) is 0 Å². The third-order valence-electron chi connectivity index (χ3n) is 5.68. The molecule has 166 valence electrons. The van der Waals surface area contributed by atoms with E-state index in [0.717, 1.165) is 0 Å². The molecule has 1 aromatic carbocycles. The summed E-state index contributed by atoms with van der Waals surface area (Å²) >= 11 is 5.83. The summed E-state index contributed by atoms with van der Waals surface area (Å²) in [5, 5.41) is 0.604. The number of benzene rings is 1. The molecule has 8 nitrogen and oxygen atoms in total. The fraction of sp³-hybridized carbons (Fsp3) is 0.600. The quantitative estimate of drug-likeness (QED) is 0.645. The standard InChI is InChI=1S/C20H28ClN3O5S/c1-2-30(27,28)24-9-7-16(8-10-24)20(26)23-13-11-22(12-14-23)19(25)15-29-18-5-3-17(21)4-6-18/h3-6,16H,2,7-15H2,1H3. The Hall–Kier alpha value is -1.84. The van der Waals surface area contributed by atoms with E-state index in [9.17, 15) is 18.0 Å². The van der Waals surface area contributed by atoms with E-state index >= 15 is 0 Å². The Labute approximate surface area is 182 Å². The van der Waals surface area contributed by atoms with Crippen LogP contribution in [0.5, 0.6) is 5.75 Å². The summed E-state index contributed by atoms with van der Waals surface area (Å²) < 4.78 is 30.9. The first-order chi connectivity index (χ1) is 14.3. The fourth-order valence-corrected chi connectivity index (χ4v) is 5.02. The van der Waals surface area contributed by atoms with E-state index in [-0.39, 0.29) is 30.1 Å².